The average Bonchev–Trinajstić information content (AvgIpc) is 2.78. The predicted octanol–water partition coefficient (Wildman–Crippen LogP) is 1.50. The Labute approximate surface area is 121 Å². The van der Waals surface area contributed by atoms with Gasteiger partial charge in [0.25, 0.3) is 5.56 Å². The number of nitrogens with zero attached hydrogens (tertiary/aromatic N) is 2. The predicted molar refractivity (Wildman–Crippen MR) is 76.1 cm³/mol. The van der Waals surface area contributed by atoms with Crippen LogP contribution in [0.25, 0.3) is 15.2 Å². The molecule has 21 heavy (non-hydrogen) atoms. The van der Waals surface area contributed by atoms with Crippen molar-refractivity contribution in [1.82, 2.24) is 9.38 Å². The third-order valence-electron chi connectivity index (χ3n) is 2.92. The normalized spacial score (nSPS) is 11.1. The number of carbonyl (C=O) groups is 1. The standard InChI is InChI=1S/C13H10N2O5S/c1-2-20-12(19)6-5-14-13-15(11(6)18)7-3-8(16)9(17)4-10(7)21-13/h3-5,16-17H,2H2,1H3. The molecule has 108 valence electrons. The highest BCUT2D eigenvalue weighted by Crippen LogP contribution is 2.33. The highest BCUT2D eigenvalue weighted by atomic mass is 32.1. The number of hydrogen-bond donors (Lipinski definition) is 2. The van der Waals surface area contributed by atoms with Gasteiger partial charge < -0.3 is 14.9 Å². The summed E-state index contributed by atoms with van der Waals surface area (Å²) in [5.41, 5.74) is -0.384. The summed E-state index contributed by atoms with van der Waals surface area (Å²) in [7, 11) is 0. The van der Waals surface area contributed by atoms with E-state index >= 15 is 0 Å². The molecule has 0 radical (unpaired) electrons. The molecule has 2 heterocycles. The number of thiazole rings is 1. The largest absolute Gasteiger partial charge is 0.504 e. The van der Waals surface area contributed by atoms with Gasteiger partial charge >= 0.3 is 5.97 Å². The molecule has 8 heteroatoms. The highest BCUT2D eigenvalue weighted by molar-refractivity contribution is 7.23. The molecule has 0 amide bonds. The van der Waals surface area contributed by atoms with Crippen molar-refractivity contribution in [1.29, 1.82) is 0 Å². The zero-order valence-corrected chi connectivity index (χ0v) is 11.7. The third kappa shape index (κ3) is 2.00. The van der Waals surface area contributed by atoms with Crippen LogP contribution in [0.4, 0.5) is 0 Å². The molecular formula is C13H10N2O5S. The molecule has 0 unspecified atom stereocenters. The van der Waals surface area contributed by atoms with E-state index in [2.05, 4.69) is 4.98 Å². The molecule has 0 bridgehead atoms. The van der Waals surface area contributed by atoms with Crippen molar-refractivity contribution >= 4 is 32.5 Å². The summed E-state index contributed by atoms with van der Waals surface area (Å²) in [6.07, 6.45) is 1.17. The minimum Gasteiger partial charge on any atom is -0.504 e. The Bertz CT molecular complexity index is 928. The first-order chi connectivity index (χ1) is 10.0. The number of aromatic hydroxyl groups is 2. The number of phenolic OH excluding ortho intramolecular Hbond substituents is 2. The molecule has 2 N–H and O–H groups in total. The molecule has 2 aromatic heterocycles. The Morgan fingerprint density at radius 1 is 1.38 bits per heavy atom. The summed E-state index contributed by atoms with van der Waals surface area (Å²) in [4.78, 5) is 28.5. The summed E-state index contributed by atoms with van der Waals surface area (Å²) in [5.74, 6) is -1.38. The van der Waals surface area contributed by atoms with E-state index in [4.69, 9.17) is 4.74 Å². The number of aromatic nitrogens is 2. The van der Waals surface area contributed by atoms with Gasteiger partial charge in [0.05, 0.1) is 23.0 Å². The van der Waals surface area contributed by atoms with Crippen molar-refractivity contribution in [2.45, 2.75) is 6.92 Å². The molecule has 0 aliphatic carbocycles. The Morgan fingerprint density at radius 3 is 2.81 bits per heavy atom. The monoisotopic (exact) mass is 306 g/mol. The first kappa shape index (κ1) is 13.4. The summed E-state index contributed by atoms with van der Waals surface area (Å²) >= 11 is 1.16. The average molecular weight is 306 g/mol. The highest BCUT2D eigenvalue weighted by Gasteiger charge is 2.18. The number of esters is 1. The second-order valence-corrected chi connectivity index (χ2v) is 5.24. The molecule has 0 saturated heterocycles. The van der Waals surface area contributed by atoms with Crippen molar-refractivity contribution < 1.29 is 19.7 Å². The number of hydrogen-bond acceptors (Lipinski definition) is 7. The van der Waals surface area contributed by atoms with Crippen molar-refractivity contribution in [3.8, 4) is 11.5 Å². The van der Waals surface area contributed by atoms with Gasteiger partial charge in [-0.2, -0.15) is 0 Å². The fourth-order valence-electron chi connectivity index (χ4n) is 1.97. The van der Waals surface area contributed by atoms with Gasteiger partial charge in [0.15, 0.2) is 16.5 Å². The summed E-state index contributed by atoms with van der Waals surface area (Å²) < 4.78 is 6.59. The summed E-state index contributed by atoms with van der Waals surface area (Å²) in [6, 6.07) is 2.60. The Morgan fingerprint density at radius 2 is 2.10 bits per heavy atom. The van der Waals surface area contributed by atoms with Crippen molar-refractivity contribution in [3.05, 3.63) is 34.2 Å². The SMILES string of the molecule is CCOC(=O)c1cnc2sc3cc(O)c(O)cc3n2c1=O. The van der Waals surface area contributed by atoms with Gasteiger partial charge in [-0.1, -0.05) is 11.3 Å². The summed E-state index contributed by atoms with van der Waals surface area (Å²) in [5, 5.41) is 19.1. The van der Waals surface area contributed by atoms with E-state index in [0.29, 0.717) is 15.2 Å². The molecule has 1 aromatic carbocycles. The lowest BCUT2D eigenvalue weighted by molar-refractivity contribution is 0.0523. The molecule has 0 saturated carbocycles. The van der Waals surface area contributed by atoms with E-state index < -0.39 is 11.5 Å². The van der Waals surface area contributed by atoms with Crippen LogP contribution >= 0.6 is 11.3 Å². The van der Waals surface area contributed by atoms with E-state index in [9.17, 15) is 19.8 Å². The minimum absolute atomic E-state index is 0.153. The Hall–Kier alpha value is -2.61. The van der Waals surface area contributed by atoms with E-state index in [-0.39, 0.29) is 23.7 Å². The number of fused-ring (bicyclic) bond motifs is 3. The lowest BCUT2D eigenvalue weighted by Crippen LogP contribution is -2.23. The van der Waals surface area contributed by atoms with Crippen molar-refractivity contribution in [2.24, 2.45) is 0 Å². The van der Waals surface area contributed by atoms with Gasteiger partial charge in [0.1, 0.15) is 5.56 Å². The van der Waals surface area contributed by atoms with Gasteiger partial charge in [-0.05, 0) is 6.92 Å². The zero-order valence-electron chi connectivity index (χ0n) is 10.9. The van der Waals surface area contributed by atoms with Gasteiger partial charge in [0, 0.05) is 12.1 Å². The Balaban J connectivity index is 2.36. The van der Waals surface area contributed by atoms with Crippen LogP contribution in [0.15, 0.2) is 23.1 Å². The molecule has 3 aromatic rings. The van der Waals surface area contributed by atoms with Gasteiger partial charge in [0.2, 0.25) is 0 Å². The molecule has 0 fully saturated rings. The maximum Gasteiger partial charge on any atom is 0.345 e. The summed E-state index contributed by atoms with van der Waals surface area (Å²) in [6.45, 7) is 1.79. The van der Waals surface area contributed by atoms with Crippen LogP contribution < -0.4 is 5.56 Å². The molecule has 7 nitrogen and oxygen atoms in total. The maximum atomic E-state index is 12.4. The first-order valence-electron chi connectivity index (χ1n) is 6.06. The van der Waals surface area contributed by atoms with Gasteiger partial charge in [-0.15, -0.1) is 0 Å². The lowest BCUT2D eigenvalue weighted by atomic mass is 10.3. The number of carbonyl (C=O) groups excluding carboxylic acids is 1. The van der Waals surface area contributed by atoms with E-state index in [1.165, 1.54) is 22.7 Å². The van der Waals surface area contributed by atoms with Crippen molar-refractivity contribution in [3.63, 3.8) is 0 Å². The van der Waals surface area contributed by atoms with E-state index in [0.717, 1.165) is 11.3 Å². The zero-order chi connectivity index (χ0) is 15.1. The molecular weight excluding hydrogens is 296 g/mol. The second-order valence-electron chi connectivity index (χ2n) is 4.23. The first-order valence-corrected chi connectivity index (χ1v) is 6.88. The van der Waals surface area contributed by atoms with Crippen LogP contribution in [-0.2, 0) is 4.74 Å². The number of phenols is 2. The fraction of sp³-hybridized carbons (Fsp3) is 0.154. The molecule has 0 atom stereocenters. The molecule has 3 rings (SSSR count). The smallest absolute Gasteiger partial charge is 0.345 e. The fourth-order valence-corrected chi connectivity index (χ4v) is 2.97. The van der Waals surface area contributed by atoms with Gasteiger partial charge in [-0.25, -0.2) is 9.78 Å². The van der Waals surface area contributed by atoms with Crippen LogP contribution in [0.5, 0.6) is 11.5 Å². The van der Waals surface area contributed by atoms with Crippen LogP contribution in [-0.4, -0.2) is 32.2 Å². The molecule has 0 aliphatic rings. The topological polar surface area (TPSA) is 101 Å². The van der Waals surface area contributed by atoms with Crippen LogP contribution in [0.2, 0.25) is 0 Å². The number of rotatable bonds is 2. The molecule has 0 aliphatic heterocycles. The number of benzene rings is 1. The quantitative estimate of drug-likeness (QED) is 0.549. The number of ether oxygens (including phenoxy) is 1. The minimum atomic E-state index is -0.744. The third-order valence-corrected chi connectivity index (χ3v) is 3.94. The van der Waals surface area contributed by atoms with Crippen LogP contribution in [0, 0.1) is 0 Å². The second kappa shape index (κ2) is 4.74. The Kier molecular flexibility index (Phi) is 3.02. The lowest BCUT2D eigenvalue weighted by Gasteiger charge is -2.02. The maximum absolute atomic E-state index is 12.4. The van der Waals surface area contributed by atoms with Crippen LogP contribution in [0.1, 0.15) is 17.3 Å². The van der Waals surface area contributed by atoms with Crippen molar-refractivity contribution in [2.75, 3.05) is 6.61 Å². The molecule has 0 spiro atoms. The van der Waals surface area contributed by atoms with E-state index in [1.807, 2.05) is 0 Å². The van der Waals surface area contributed by atoms with E-state index in [1.54, 1.807) is 6.92 Å². The van der Waals surface area contributed by atoms with Gasteiger partial charge in [-0.3, -0.25) is 9.20 Å². The van der Waals surface area contributed by atoms with Crippen LogP contribution in [0.3, 0.4) is 0 Å².